The maximum absolute atomic E-state index is 12.2. The molecule has 122 valence electrons. The van der Waals surface area contributed by atoms with E-state index >= 15 is 0 Å². The lowest BCUT2D eigenvalue weighted by molar-refractivity contribution is -0.134. The number of carbonyl (C=O) groups is 1. The maximum atomic E-state index is 12.2. The molecule has 1 amide bonds. The molecule has 0 aliphatic carbocycles. The van der Waals surface area contributed by atoms with Gasteiger partial charge < -0.3 is 9.42 Å². The van der Waals surface area contributed by atoms with Crippen LogP contribution in [0.25, 0.3) is 0 Å². The highest BCUT2D eigenvalue weighted by Crippen LogP contribution is 2.28. The summed E-state index contributed by atoms with van der Waals surface area (Å²) in [4.78, 5) is 18.5. The molecule has 0 radical (unpaired) electrons. The van der Waals surface area contributed by atoms with Crippen molar-refractivity contribution in [3.63, 3.8) is 0 Å². The standard InChI is InChI=1S/C16H18ClN3O2S/c1-23-10-14-18-16(22-19-14)12-4-7-15(21)20(9-12)8-11-2-5-13(17)6-3-11/h2-3,5-6,12H,4,7-10H2,1H3. The molecule has 7 heteroatoms. The van der Waals surface area contributed by atoms with Crippen LogP contribution in [-0.4, -0.2) is 33.7 Å². The van der Waals surface area contributed by atoms with Crippen LogP contribution in [0.2, 0.25) is 5.02 Å². The number of aromatic nitrogens is 2. The van der Waals surface area contributed by atoms with Crippen LogP contribution in [-0.2, 0) is 17.1 Å². The average molecular weight is 352 g/mol. The molecule has 0 saturated carbocycles. The second-order valence-corrected chi connectivity index (χ2v) is 6.92. The Kier molecular flexibility index (Phi) is 5.23. The number of thioether (sulfide) groups is 1. The highest BCUT2D eigenvalue weighted by molar-refractivity contribution is 7.97. The van der Waals surface area contributed by atoms with Crippen molar-refractivity contribution in [3.05, 3.63) is 46.6 Å². The highest BCUT2D eigenvalue weighted by atomic mass is 35.5. The Labute approximate surface area is 144 Å². The Morgan fingerprint density at radius 3 is 2.91 bits per heavy atom. The summed E-state index contributed by atoms with van der Waals surface area (Å²) >= 11 is 7.56. The molecular formula is C16H18ClN3O2S. The molecule has 23 heavy (non-hydrogen) atoms. The maximum Gasteiger partial charge on any atom is 0.231 e. The number of halogens is 1. The molecule has 2 aromatic rings. The molecule has 0 bridgehead atoms. The number of hydrogen-bond acceptors (Lipinski definition) is 5. The Bertz CT molecular complexity index is 674. The minimum Gasteiger partial charge on any atom is -0.339 e. The summed E-state index contributed by atoms with van der Waals surface area (Å²) in [5, 5.41) is 4.69. The van der Waals surface area contributed by atoms with Crippen molar-refractivity contribution >= 4 is 29.3 Å². The van der Waals surface area contributed by atoms with Gasteiger partial charge in [0, 0.05) is 24.5 Å². The fraction of sp³-hybridized carbons (Fsp3) is 0.438. The Morgan fingerprint density at radius 2 is 2.17 bits per heavy atom. The van der Waals surface area contributed by atoms with Crippen molar-refractivity contribution in [1.82, 2.24) is 15.0 Å². The number of amides is 1. The summed E-state index contributed by atoms with van der Waals surface area (Å²) in [6.07, 6.45) is 3.28. The highest BCUT2D eigenvalue weighted by Gasteiger charge is 2.30. The zero-order valence-electron chi connectivity index (χ0n) is 12.9. The molecule has 2 heterocycles. The van der Waals surface area contributed by atoms with E-state index in [1.165, 1.54) is 0 Å². The molecule has 1 saturated heterocycles. The molecule has 1 unspecified atom stereocenters. The zero-order chi connectivity index (χ0) is 16.2. The first-order valence-electron chi connectivity index (χ1n) is 7.49. The molecule has 1 atom stereocenters. The molecule has 1 fully saturated rings. The quantitative estimate of drug-likeness (QED) is 0.825. The Balaban J connectivity index is 1.68. The van der Waals surface area contributed by atoms with Crippen LogP contribution in [0, 0.1) is 0 Å². The van der Waals surface area contributed by atoms with Crippen molar-refractivity contribution in [2.24, 2.45) is 0 Å². The number of benzene rings is 1. The minimum atomic E-state index is 0.114. The Morgan fingerprint density at radius 1 is 1.39 bits per heavy atom. The van der Waals surface area contributed by atoms with Gasteiger partial charge in [0.25, 0.3) is 0 Å². The number of nitrogens with zero attached hydrogens (tertiary/aromatic N) is 3. The zero-order valence-corrected chi connectivity index (χ0v) is 14.4. The van der Waals surface area contributed by atoms with Gasteiger partial charge in [0.05, 0.1) is 11.7 Å². The normalized spacial score (nSPS) is 18.4. The third kappa shape index (κ3) is 4.06. The molecule has 5 nitrogen and oxygen atoms in total. The third-order valence-corrected chi connectivity index (χ3v) is 4.69. The molecule has 1 aromatic heterocycles. The van der Waals surface area contributed by atoms with Crippen molar-refractivity contribution in [2.75, 3.05) is 12.8 Å². The van der Waals surface area contributed by atoms with Crippen LogP contribution in [0.5, 0.6) is 0 Å². The van der Waals surface area contributed by atoms with Crippen LogP contribution in [0.15, 0.2) is 28.8 Å². The SMILES string of the molecule is CSCc1noc(C2CCC(=O)N(Cc3ccc(Cl)cc3)C2)n1. The lowest BCUT2D eigenvalue weighted by Gasteiger charge is -2.31. The smallest absolute Gasteiger partial charge is 0.231 e. The molecule has 3 rings (SSSR count). The van der Waals surface area contributed by atoms with Crippen molar-refractivity contribution in [3.8, 4) is 0 Å². The summed E-state index contributed by atoms with van der Waals surface area (Å²) in [6.45, 7) is 1.20. The number of piperidine rings is 1. The lowest BCUT2D eigenvalue weighted by Crippen LogP contribution is -2.38. The summed E-state index contributed by atoms with van der Waals surface area (Å²) in [6, 6.07) is 7.58. The van der Waals surface area contributed by atoms with E-state index < -0.39 is 0 Å². The van der Waals surface area contributed by atoms with Gasteiger partial charge in [0.15, 0.2) is 5.82 Å². The van der Waals surface area contributed by atoms with Gasteiger partial charge in [-0.05, 0) is 30.4 Å². The van der Waals surface area contributed by atoms with E-state index in [9.17, 15) is 4.79 Å². The summed E-state index contributed by atoms with van der Waals surface area (Å²) in [5.41, 5.74) is 1.07. The van der Waals surface area contributed by atoms with E-state index in [0.29, 0.717) is 36.2 Å². The molecule has 1 aliphatic rings. The van der Waals surface area contributed by atoms with Crippen LogP contribution < -0.4 is 0 Å². The van der Waals surface area contributed by atoms with Crippen molar-refractivity contribution in [2.45, 2.75) is 31.1 Å². The monoisotopic (exact) mass is 351 g/mol. The van der Waals surface area contributed by atoms with Crippen LogP contribution >= 0.6 is 23.4 Å². The van der Waals surface area contributed by atoms with E-state index in [1.807, 2.05) is 35.4 Å². The second-order valence-electron chi connectivity index (χ2n) is 5.62. The molecule has 1 aliphatic heterocycles. The van der Waals surface area contributed by atoms with Gasteiger partial charge in [0.2, 0.25) is 11.8 Å². The van der Waals surface area contributed by atoms with Crippen molar-refractivity contribution in [1.29, 1.82) is 0 Å². The Hall–Kier alpha value is -1.53. The van der Waals surface area contributed by atoms with Gasteiger partial charge >= 0.3 is 0 Å². The van der Waals surface area contributed by atoms with Crippen LogP contribution in [0.1, 0.15) is 36.0 Å². The first-order chi connectivity index (χ1) is 11.2. The van der Waals surface area contributed by atoms with E-state index in [4.69, 9.17) is 16.1 Å². The number of hydrogen-bond donors (Lipinski definition) is 0. The first kappa shape index (κ1) is 16.3. The largest absolute Gasteiger partial charge is 0.339 e. The number of rotatable bonds is 5. The molecular weight excluding hydrogens is 334 g/mol. The number of likely N-dealkylation sites (tertiary alicyclic amines) is 1. The second kappa shape index (κ2) is 7.36. The van der Waals surface area contributed by atoms with Gasteiger partial charge in [0.1, 0.15) is 0 Å². The van der Waals surface area contributed by atoms with E-state index in [2.05, 4.69) is 10.1 Å². The lowest BCUT2D eigenvalue weighted by atomic mass is 9.97. The van der Waals surface area contributed by atoms with Crippen LogP contribution in [0.3, 0.4) is 0 Å². The summed E-state index contributed by atoms with van der Waals surface area (Å²) < 4.78 is 5.38. The van der Waals surface area contributed by atoms with Crippen LogP contribution in [0.4, 0.5) is 0 Å². The summed E-state index contributed by atoms with van der Waals surface area (Å²) in [7, 11) is 0. The van der Waals surface area contributed by atoms with Gasteiger partial charge in [-0.25, -0.2) is 0 Å². The molecule has 0 spiro atoms. The van der Waals surface area contributed by atoms with Gasteiger partial charge in [-0.2, -0.15) is 16.7 Å². The third-order valence-electron chi connectivity index (χ3n) is 3.89. The molecule has 0 N–H and O–H groups in total. The van der Waals surface area contributed by atoms with E-state index in [-0.39, 0.29) is 11.8 Å². The van der Waals surface area contributed by atoms with Gasteiger partial charge in [-0.3, -0.25) is 4.79 Å². The van der Waals surface area contributed by atoms with Gasteiger partial charge in [-0.1, -0.05) is 28.9 Å². The topological polar surface area (TPSA) is 59.2 Å². The first-order valence-corrected chi connectivity index (χ1v) is 9.26. The van der Waals surface area contributed by atoms with E-state index in [0.717, 1.165) is 17.7 Å². The van der Waals surface area contributed by atoms with E-state index in [1.54, 1.807) is 11.8 Å². The fourth-order valence-electron chi connectivity index (χ4n) is 2.70. The molecule has 1 aromatic carbocycles. The fourth-order valence-corrected chi connectivity index (χ4v) is 3.20. The van der Waals surface area contributed by atoms with Gasteiger partial charge in [-0.15, -0.1) is 0 Å². The predicted molar refractivity (Wildman–Crippen MR) is 90.4 cm³/mol. The summed E-state index contributed by atoms with van der Waals surface area (Å²) in [5.74, 6) is 2.38. The van der Waals surface area contributed by atoms with Crippen molar-refractivity contribution < 1.29 is 9.32 Å². The minimum absolute atomic E-state index is 0.114. The number of carbonyl (C=O) groups excluding carboxylic acids is 1. The predicted octanol–water partition coefficient (Wildman–Crippen LogP) is 3.49. The average Bonchev–Trinajstić information content (AvgIpc) is 3.01.